The Labute approximate surface area is 310 Å². The van der Waals surface area contributed by atoms with E-state index in [4.69, 9.17) is 18.9 Å². The molecule has 2 aliphatic rings. The molecular weight excluding hydrogens is 720 g/mol. The lowest BCUT2D eigenvalue weighted by Gasteiger charge is -2.33. The Morgan fingerprint density at radius 2 is 1.09 bits per heavy atom. The molecule has 0 N–H and O–H groups in total. The summed E-state index contributed by atoms with van der Waals surface area (Å²) in [6.07, 6.45) is -1.01. The van der Waals surface area contributed by atoms with Crippen LogP contribution in [0.4, 0.5) is 34.1 Å². The molecule has 0 saturated heterocycles. The summed E-state index contributed by atoms with van der Waals surface area (Å²) in [7, 11) is 0. The maximum Gasteiger partial charge on any atom is 0.613 e. The monoisotopic (exact) mass is 750 g/mol. The van der Waals surface area contributed by atoms with Gasteiger partial charge in [-0.15, -0.1) is 20.5 Å². The van der Waals surface area contributed by atoms with Crippen molar-refractivity contribution >= 4 is 34.1 Å². The van der Waals surface area contributed by atoms with Crippen LogP contribution in [0, 0.1) is 56.7 Å². The third kappa shape index (κ3) is 6.79. The Hall–Kier alpha value is -7.48. The number of nitriles is 2. The summed E-state index contributed by atoms with van der Waals surface area (Å²) < 4.78 is 28.1. The molecule has 1 spiro atoms. The molecule has 2 aliphatic heterocycles. The Morgan fingerprint density at radius 3 is 1.44 bits per heavy atom. The van der Waals surface area contributed by atoms with E-state index in [9.17, 15) is 40.3 Å². The zero-order valence-corrected chi connectivity index (χ0v) is 29.8. The molecule has 0 bridgehead atoms. The van der Waals surface area contributed by atoms with E-state index < -0.39 is 38.5 Å². The number of nitro groups is 2. The number of benzene rings is 2. The van der Waals surface area contributed by atoms with E-state index in [1.807, 2.05) is 26.0 Å². The smallest absolute Gasteiger partial charge is 0.384 e. The maximum atomic E-state index is 13.9. The minimum atomic E-state index is -3.01. The van der Waals surface area contributed by atoms with Crippen molar-refractivity contribution in [1.29, 1.82) is 10.5 Å². The van der Waals surface area contributed by atoms with Crippen molar-refractivity contribution in [3.05, 3.63) is 99.6 Å². The first-order chi connectivity index (χ1) is 26.4. The molecule has 0 unspecified atom stereocenters. The van der Waals surface area contributed by atoms with Gasteiger partial charge in [0.15, 0.2) is 22.9 Å². The van der Waals surface area contributed by atoms with E-state index in [1.54, 1.807) is 0 Å². The standard InChI is InChI=1S/C35H30N10O10/c1-5-7-13-42-31(46)23(17-36)19(3)29-33(42)54-35(52-27-11-9-21(44(48)49)15-25(27)38-40-29)53-28-12-10-22(45(50)51)16-26(28)39-41-30-20(4)24(18-37)32(47)43(14-8-6-2)34(30)55-35/h9-12,15-16H,5-8,13-14H2,1-4H3. The average Bonchev–Trinajstić information content (AvgIpc) is 3.26. The van der Waals surface area contributed by atoms with Crippen LogP contribution in [0.15, 0.2) is 66.4 Å². The third-order valence-electron chi connectivity index (χ3n) is 8.70. The van der Waals surface area contributed by atoms with Crippen molar-refractivity contribution in [2.75, 3.05) is 0 Å². The molecule has 20 nitrogen and oxygen atoms in total. The molecule has 4 aromatic rings. The van der Waals surface area contributed by atoms with Crippen LogP contribution in [0.3, 0.4) is 0 Å². The first kappa shape index (κ1) is 37.3. The molecule has 20 heteroatoms. The number of non-ortho nitro benzene ring substituents is 2. The number of nitrogens with zero attached hydrogens (tertiary/aromatic N) is 10. The molecule has 0 amide bonds. The fraction of sp³-hybridized carbons (Fsp3) is 0.314. The van der Waals surface area contributed by atoms with Crippen LogP contribution < -0.4 is 30.1 Å². The van der Waals surface area contributed by atoms with E-state index in [-0.39, 0.29) is 81.4 Å². The second-order valence-corrected chi connectivity index (χ2v) is 12.3. The van der Waals surface area contributed by atoms with Gasteiger partial charge in [-0.25, -0.2) is 0 Å². The quantitative estimate of drug-likeness (QED) is 0.125. The van der Waals surface area contributed by atoms with Crippen LogP contribution in [0.25, 0.3) is 0 Å². The van der Waals surface area contributed by atoms with Crippen molar-refractivity contribution in [3.8, 4) is 35.4 Å². The van der Waals surface area contributed by atoms with Gasteiger partial charge in [-0.05, 0) is 38.8 Å². The summed E-state index contributed by atoms with van der Waals surface area (Å²) in [5, 5.41) is 60.9. The highest BCUT2D eigenvalue weighted by molar-refractivity contribution is 5.65. The number of fused-ring (bicyclic) bond motifs is 4. The maximum absolute atomic E-state index is 13.9. The van der Waals surface area contributed by atoms with Gasteiger partial charge in [-0.1, -0.05) is 26.7 Å². The summed E-state index contributed by atoms with van der Waals surface area (Å²) in [6, 6.07) is 10.4. The number of rotatable bonds is 8. The van der Waals surface area contributed by atoms with Crippen LogP contribution in [0.1, 0.15) is 61.8 Å². The number of aromatic nitrogens is 2. The number of hydrogen-bond acceptors (Lipinski definition) is 16. The highest BCUT2D eigenvalue weighted by Crippen LogP contribution is 2.47. The van der Waals surface area contributed by atoms with Gasteiger partial charge in [0.25, 0.3) is 22.5 Å². The summed E-state index contributed by atoms with van der Waals surface area (Å²) in [5.74, 6) is -1.33. The van der Waals surface area contributed by atoms with Crippen molar-refractivity contribution in [2.24, 2.45) is 20.5 Å². The van der Waals surface area contributed by atoms with Crippen molar-refractivity contribution in [1.82, 2.24) is 9.13 Å². The fourth-order valence-electron chi connectivity index (χ4n) is 5.74. The Balaban J connectivity index is 1.78. The number of pyridine rings is 2. The number of azo groups is 2. The van der Waals surface area contributed by atoms with Gasteiger partial charge in [0.1, 0.15) is 34.6 Å². The second kappa shape index (κ2) is 14.9. The van der Waals surface area contributed by atoms with Gasteiger partial charge in [0.05, 0.1) is 9.85 Å². The van der Waals surface area contributed by atoms with E-state index in [2.05, 4.69) is 20.5 Å². The lowest BCUT2D eigenvalue weighted by Crippen LogP contribution is -2.55. The van der Waals surface area contributed by atoms with Crippen LogP contribution in [0.5, 0.6) is 23.3 Å². The molecule has 2 aromatic heterocycles. The Bertz CT molecular complexity index is 2370. The topological polar surface area (TPSA) is 264 Å². The van der Waals surface area contributed by atoms with Gasteiger partial charge in [-0.3, -0.25) is 39.0 Å². The third-order valence-corrected chi connectivity index (χ3v) is 8.70. The molecule has 0 radical (unpaired) electrons. The SMILES string of the molecule is CCCCn1c2c(c(C)c(C#N)c1=O)N=Nc1cc([N+](=O)[O-])ccc1OC1(Oc3ccc([N+](=O)[O-])cc3N=Nc3c(C)c(C#N)c(=O)n(CCCC)c3O1)O2. The summed E-state index contributed by atoms with van der Waals surface area (Å²) >= 11 is 0. The second-order valence-electron chi connectivity index (χ2n) is 12.3. The normalized spacial score (nSPS) is 15.2. The van der Waals surface area contributed by atoms with Gasteiger partial charge in [0, 0.05) is 48.5 Å². The minimum Gasteiger partial charge on any atom is -0.384 e. The zero-order chi connectivity index (χ0) is 39.6. The summed E-state index contributed by atoms with van der Waals surface area (Å²) in [6.45, 7) is 6.54. The van der Waals surface area contributed by atoms with E-state index in [1.165, 1.54) is 13.8 Å². The molecule has 55 heavy (non-hydrogen) atoms. The lowest BCUT2D eigenvalue weighted by molar-refractivity contribution is -0.385. The molecule has 0 atom stereocenters. The molecule has 2 aromatic carbocycles. The van der Waals surface area contributed by atoms with Gasteiger partial charge >= 0.3 is 6.16 Å². The highest BCUT2D eigenvalue weighted by Gasteiger charge is 2.49. The molecule has 0 aliphatic carbocycles. The first-order valence-electron chi connectivity index (χ1n) is 16.9. The van der Waals surface area contributed by atoms with Crippen molar-refractivity contribution in [2.45, 2.75) is 72.6 Å². The summed E-state index contributed by atoms with van der Waals surface area (Å²) in [4.78, 5) is 50.2. The number of unbranched alkanes of at least 4 members (excludes halogenated alkanes) is 2. The van der Waals surface area contributed by atoms with Crippen molar-refractivity contribution < 1.29 is 28.8 Å². The Kier molecular flexibility index (Phi) is 10.1. The molecule has 0 saturated carbocycles. The number of ether oxygens (including phenoxy) is 4. The largest absolute Gasteiger partial charge is 0.613 e. The van der Waals surface area contributed by atoms with Crippen LogP contribution in [-0.4, -0.2) is 25.1 Å². The fourth-order valence-corrected chi connectivity index (χ4v) is 5.74. The number of nitro benzene ring substituents is 2. The van der Waals surface area contributed by atoms with Gasteiger partial charge in [-0.2, -0.15) is 10.5 Å². The minimum absolute atomic E-state index is 0.0156. The number of hydrogen-bond donors (Lipinski definition) is 0. The molecule has 280 valence electrons. The highest BCUT2D eigenvalue weighted by atomic mass is 17.0. The first-order valence-corrected chi connectivity index (χ1v) is 16.9. The van der Waals surface area contributed by atoms with E-state index in [0.29, 0.717) is 25.7 Å². The molecule has 0 fully saturated rings. The van der Waals surface area contributed by atoms with Gasteiger partial charge in [0.2, 0.25) is 11.8 Å². The van der Waals surface area contributed by atoms with E-state index >= 15 is 0 Å². The van der Waals surface area contributed by atoms with Crippen molar-refractivity contribution in [3.63, 3.8) is 0 Å². The molecule has 4 heterocycles. The Morgan fingerprint density at radius 1 is 0.691 bits per heavy atom. The molecular formula is C35H30N10O10. The van der Waals surface area contributed by atoms with Crippen LogP contribution >= 0.6 is 0 Å². The van der Waals surface area contributed by atoms with E-state index in [0.717, 1.165) is 45.5 Å². The predicted molar refractivity (Wildman–Crippen MR) is 190 cm³/mol. The molecule has 6 rings (SSSR count). The van der Waals surface area contributed by atoms with Crippen LogP contribution in [-0.2, 0) is 13.1 Å². The van der Waals surface area contributed by atoms with Gasteiger partial charge < -0.3 is 18.9 Å². The predicted octanol–water partition coefficient (Wildman–Crippen LogP) is 7.47. The lowest BCUT2D eigenvalue weighted by atomic mass is 10.1. The zero-order valence-electron chi connectivity index (χ0n) is 29.8. The average molecular weight is 751 g/mol. The summed E-state index contributed by atoms with van der Waals surface area (Å²) in [5.41, 5.74) is -3.80. The van der Waals surface area contributed by atoms with Crippen LogP contribution in [0.2, 0.25) is 0 Å².